The first kappa shape index (κ1) is 17.1. The number of carbonyl (C=O) groups is 2. The number of benzene rings is 2. The van der Waals surface area contributed by atoms with Crippen molar-refractivity contribution in [2.24, 2.45) is 0 Å². The molecule has 1 aromatic heterocycles. The Morgan fingerprint density at radius 1 is 1.00 bits per heavy atom. The number of carbonyl (C=O) groups excluding carboxylic acids is 2. The van der Waals surface area contributed by atoms with Crippen LogP contribution in [0.5, 0.6) is 0 Å². The summed E-state index contributed by atoms with van der Waals surface area (Å²) in [4.78, 5) is 32.6. The second kappa shape index (κ2) is 7.49. The lowest BCUT2D eigenvalue weighted by molar-refractivity contribution is 0.0665. The Kier molecular flexibility index (Phi) is 4.74. The number of nitrogens with one attached hydrogen (secondary N) is 1. The molecule has 0 spiro atoms. The summed E-state index contributed by atoms with van der Waals surface area (Å²) in [5.41, 5.74) is 2.97. The second-order valence-electron chi connectivity index (χ2n) is 6.46. The van der Waals surface area contributed by atoms with Gasteiger partial charge in [0.1, 0.15) is 5.52 Å². The number of amides is 3. The molecular formula is C20H20N4O3. The van der Waals surface area contributed by atoms with Crippen LogP contribution >= 0.6 is 0 Å². The highest BCUT2D eigenvalue weighted by atomic mass is 16.3. The molecule has 1 N–H and O–H groups in total. The van der Waals surface area contributed by atoms with Gasteiger partial charge in [-0.3, -0.25) is 4.79 Å². The number of oxazole rings is 1. The SMILES string of the molecule is O=C(NCc1ccccc1)N1CCN(C(=O)c2ccc3ocnc3c2)CC1. The van der Waals surface area contributed by atoms with Crippen LogP contribution in [0.1, 0.15) is 15.9 Å². The lowest BCUT2D eigenvalue weighted by Gasteiger charge is -2.34. The standard InChI is InChI=1S/C20H20N4O3/c25-19(16-6-7-18-17(12-16)22-14-27-18)23-8-10-24(11-9-23)20(26)21-13-15-4-2-1-3-5-15/h1-7,12,14H,8-11,13H2,(H,21,26). The van der Waals surface area contributed by atoms with Gasteiger partial charge >= 0.3 is 6.03 Å². The van der Waals surface area contributed by atoms with Gasteiger partial charge in [0.05, 0.1) is 0 Å². The Labute approximate surface area is 156 Å². The molecule has 7 nitrogen and oxygen atoms in total. The van der Waals surface area contributed by atoms with Crippen molar-refractivity contribution < 1.29 is 14.0 Å². The van der Waals surface area contributed by atoms with Gasteiger partial charge < -0.3 is 19.5 Å². The highest BCUT2D eigenvalue weighted by Crippen LogP contribution is 2.16. The first-order chi connectivity index (χ1) is 13.2. The maximum Gasteiger partial charge on any atom is 0.317 e. The maximum atomic E-state index is 12.7. The van der Waals surface area contributed by atoms with Gasteiger partial charge in [-0.1, -0.05) is 30.3 Å². The highest BCUT2D eigenvalue weighted by molar-refractivity contribution is 5.97. The number of hydrogen-bond donors (Lipinski definition) is 1. The molecule has 0 bridgehead atoms. The van der Waals surface area contributed by atoms with Gasteiger partial charge in [0.15, 0.2) is 12.0 Å². The molecule has 1 fully saturated rings. The van der Waals surface area contributed by atoms with E-state index in [1.54, 1.807) is 28.0 Å². The van der Waals surface area contributed by atoms with Crippen LogP contribution in [0.2, 0.25) is 0 Å². The van der Waals surface area contributed by atoms with E-state index in [1.165, 1.54) is 6.39 Å². The minimum Gasteiger partial charge on any atom is -0.443 e. The summed E-state index contributed by atoms with van der Waals surface area (Å²) in [7, 11) is 0. The highest BCUT2D eigenvalue weighted by Gasteiger charge is 2.25. The molecule has 0 radical (unpaired) electrons. The molecule has 3 aromatic rings. The van der Waals surface area contributed by atoms with Gasteiger partial charge in [0.2, 0.25) is 0 Å². The average molecular weight is 364 g/mol. The minimum atomic E-state index is -0.102. The van der Waals surface area contributed by atoms with Crippen LogP contribution in [-0.4, -0.2) is 52.9 Å². The Morgan fingerprint density at radius 2 is 1.74 bits per heavy atom. The van der Waals surface area contributed by atoms with Crippen LogP contribution in [0.4, 0.5) is 4.79 Å². The van der Waals surface area contributed by atoms with E-state index in [-0.39, 0.29) is 11.9 Å². The van der Waals surface area contributed by atoms with Crippen molar-refractivity contribution in [3.8, 4) is 0 Å². The second-order valence-corrected chi connectivity index (χ2v) is 6.46. The number of hydrogen-bond acceptors (Lipinski definition) is 4. The van der Waals surface area contributed by atoms with Crippen LogP contribution in [0.3, 0.4) is 0 Å². The quantitative estimate of drug-likeness (QED) is 0.774. The van der Waals surface area contributed by atoms with Crippen LogP contribution in [-0.2, 0) is 6.54 Å². The Morgan fingerprint density at radius 3 is 2.52 bits per heavy atom. The van der Waals surface area contributed by atoms with Gasteiger partial charge in [0, 0.05) is 38.3 Å². The fraction of sp³-hybridized carbons (Fsp3) is 0.250. The zero-order chi connectivity index (χ0) is 18.6. The monoisotopic (exact) mass is 364 g/mol. The van der Waals surface area contributed by atoms with Crippen molar-refractivity contribution >= 4 is 23.0 Å². The molecule has 0 saturated carbocycles. The first-order valence-corrected chi connectivity index (χ1v) is 8.90. The third kappa shape index (κ3) is 3.76. The summed E-state index contributed by atoms with van der Waals surface area (Å²) >= 11 is 0. The van der Waals surface area contributed by atoms with E-state index in [9.17, 15) is 9.59 Å². The van der Waals surface area contributed by atoms with Crippen LogP contribution in [0.25, 0.3) is 11.1 Å². The largest absolute Gasteiger partial charge is 0.443 e. The maximum absolute atomic E-state index is 12.7. The molecule has 7 heteroatoms. The molecule has 1 aliphatic rings. The third-order valence-electron chi connectivity index (χ3n) is 4.72. The van der Waals surface area contributed by atoms with Crippen LogP contribution in [0.15, 0.2) is 59.3 Å². The van der Waals surface area contributed by atoms with E-state index in [2.05, 4.69) is 10.3 Å². The minimum absolute atomic E-state index is 0.0516. The molecule has 27 heavy (non-hydrogen) atoms. The van der Waals surface area contributed by atoms with E-state index in [4.69, 9.17) is 4.42 Å². The molecule has 1 aliphatic heterocycles. The molecule has 0 aliphatic carbocycles. The smallest absolute Gasteiger partial charge is 0.317 e. The van der Waals surface area contributed by atoms with Crippen molar-refractivity contribution in [2.75, 3.05) is 26.2 Å². The molecule has 2 aromatic carbocycles. The molecule has 0 unspecified atom stereocenters. The van der Waals surface area contributed by atoms with Gasteiger partial charge in [-0.05, 0) is 23.8 Å². The van der Waals surface area contributed by atoms with E-state index in [1.807, 2.05) is 30.3 Å². The van der Waals surface area contributed by atoms with Gasteiger partial charge in [-0.15, -0.1) is 0 Å². The fourth-order valence-corrected chi connectivity index (χ4v) is 3.17. The Balaban J connectivity index is 1.31. The van der Waals surface area contributed by atoms with Crippen molar-refractivity contribution in [3.05, 3.63) is 66.1 Å². The fourth-order valence-electron chi connectivity index (χ4n) is 3.17. The number of nitrogens with zero attached hydrogens (tertiary/aromatic N) is 3. The zero-order valence-electron chi connectivity index (χ0n) is 14.8. The van der Waals surface area contributed by atoms with Crippen LogP contribution < -0.4 is 5.32 Å². The Bertz CT molecular complexity index is 946. The molecule has 1 saturated heterocycles. The number of urea groups is 1. The molecule has 4 rings (SSSR count). The lowest BCUT2D eigenvalue weighted by atomic mass is 10.1. The zero-order valence-corrected chi connectivity index (χ0v) is 14.8. The molecule has 3 amide bonds. The van der Waals surface area contributed by atoms with Crippen molar-refractivity contribution in [1.82, 2.24) is 20.1 Å². The summed E-state index contributed by atoms with van der Waals surface area (Å²) in [5, 5.41) is 2.93. The summed E-state index contributed by atoms with van der Waals surface area (Å²) in [5.74, 6) is -0.0516. The van der Waals surface area contributed by atoms with E-state index in [0.717, 1.165) is 5.56 Å². The number of rotatable bonds is 3. The predicted octanol–water partition coefficient (Wildman–Crippen LogP) is 2.50. The van der Waals surface area contributed by atoms with Crippen LogP contribution in [0, 0.1) is 0 Å². The number of aromatic nitrogens is 1. The van der Waals surface area contributed by atoms with E-state index in [0.29, 0.717) is 49.4 Å². The predicted molar refractivity (Wildman–Crippen MR) is 100 cm³/mol. The van der Waals surface area contributed by atoms with Gasteiger partial charge in [-0.25, -0.2) is 9.78 Å². The molecular weight excluding hydrogens is 344 g/mol. The summed E-state index contributed by atoms with van der Waals surface area (Å²) in [6, 6.07) is 14.9. The van der Waals surface area contributed by atoms with Gasteiger partial charge in [0.25, 0.3) is 5.91 Å². The van der Waals surface area contributed by atoms with E-state index < -0.39 is 0 Å². The normalized spacial score (nSPS) is 14.4. The van der Waals surface area contributed by atoms with Crippen molar-refractivity contribution in [3.63, 3.8) is 0 Å². The topological polar surface area (TPSA) is 78.7 Å². The molecule has 138 valence electrons. The molecule has 2 heterocycles. The summed E-state index contributed by atoms with van der Waals surface area (Å²) in [6.07, 6.45) is 1.37. The Hall–Kier alpha value is -3.35. The average Bonchev–Trinajstić information content (AvgIpc) is 3.20. The lowest BCUT2D eigenvalue weighted by Crippen LogP contribution is -2.53. The number of fused-ring (bicyclic) bond motifs is 1. The third-order valence-corrected chi connectivity index (χ3v) is 4.72. The first-order valence-electron chi connectivity index (χ1n) is 8.90. The van der Waals surface area contributed by atoms with Crippen molar-refractivity contribution in [2.45, 2.75) is 6.54 Å². The van der Waals surface area contributed by atoms with Crippen molar-refractivity contribution in [1.29, 1.82) is 0 Å². The summed E-state index contributed by atoms with van der Waals surface area (Å²) < 4.78 is 5.21. The summed E-state index contributed by atoms with van der Waals surface area (Å²) in [6.45, 7) is 2.54. The molecule has 0 atom stereocenters. The van der Waals surface area contributed by atoms with E-state index >= 15 is 0 Å². The van der Waals surface area contributed by atoms with Gasteiger partial charge in [-0.2, -0.15) is 0 Å². The number of piperazine rings is 1.